The molecule has 0 N–H and O–H groups in total. The van der Waals surface area contributed by atoms with Crippen molar-refractivity contribution in [2.24, 2.45) is 0 Å². The Morgan fingerprint density at radius 2 is 1.81 bits per heavy atom. The van der Waals surface area contributed by atoms with E-state index in [1.54, 1.807) is 16.7 Å². The number of thiazole rings is 1. The maximum absolute atomic E-state index is 14.2. The first-order valence-corrected chi connectivity index (χ1v) is 12.2. The molecule has 3 aromatic rings. The van der Waals surface area contributed by atoms with Crippen molar-refractivity contribution in [2.75, 3.05) is 36.8 Å². The fourth-order valence-electron chi connectivity index (χ4n) is 3.19. The molecule has 3 rings (SSSR count). The van der Waals surface area contributed by atoms with Crippen LogP contribution in [0, 0.1) is 18.6 Å². The second-order valence-corrected chi connectivity index (χ2v) is 9.39. The van der Waals surface area contributed by atoms with Gasteiger partial charge in [-0.15, -0.1) is 11.8 Å². The molecule has 0 aliphatic heterocycles. The molecule has 1 aromatic heterocycles. The molecule has 0 aliphatic rings. The molecular formula is C23H27F2N3OS2. The van der Waals surface area contributed by atoms with Crippen molar-refractivity contribution in [3.63, 3.8) is 0 Å². The van der Waals surface area contributed by atoms with Crippen molar-refractivity contribution in [3.05, 3.63) is 53.6 Å². The van der Waals surface area contributed by atoms with Crippen LogP contribution < -0.4 is 4.90 Å². The number of aromatic nitrogens is 1. The molecule has 0 saturated heterocycles. The molecule has 1 amide bonds. The molecule has 8 heteroatoms. The number of carbonyl (C=O) groups excluding carboxylic acids is 1. The summed E-state index contributed by atoms with van der Waals surface area (Å²) in [7, 11) is 0. The van der Waals surface area contributed by atoms with Gasteiger partial charge in [0.1, 0.15) is 11.3 Å². The van der Waals surface area contributed by atoms with Gasteiger partial charge in [0, 0.05) is 36.2 Å². The Morgan fingerprint density at radius 1 is 1.10 bits per heavy atom. The van der Waals surface area contributed by atoms with Gasteiger partial charge in [-0.05, 0) is 38.2 Å². The molecule has 0 fully saturated rings. The minimum absolute atomic E-state index is 0.0632. The number of carbonyl (C=O) groups is 1. The number of fused-ring (bicyclic) bond motifs is 1. The first kappa shape index (κ1) is 23.6. The average molecular weight is 464 g/mol. The highest BCUT2D eigenvalue weighted by molar-refractivity contribution is 7.99. The van der Waals surface area contributed by atoms with Gasteiger partial charge >= 0.3 is 0 Å². The molecule has 2 aromatic carbocycles. The molecule has 0 unspecified atom stereocenters. The van der Waals surface area contributed by atoms with Gasteiger partial charge in [0.15, 0.2) is 10.9 Å². The highest BCUT2D eigenvalue weighted by atomic mass is 32.2. The molecule has 0 saturated carbocycles. The van der Waals surface area contributed by atoms with Crippen LogP contribution in [0.5, 0.6) is 0 Å². The summed E-state index contributed by atoms with van der Waals surface area (Å²) < 4.78 is 28.2. The van der Waals surface area contributed by atoms with Crippen LogP contribution in [-0.2, 0) is 4.79 Å². The minimum atomic E-state index is -0.705. The van der Waals surface area contributed by atoms with Gasteiger partial charge in [-0.3, -0.25) is 9.69 Å². The summed E-state index contributed by atoms with van der Waals surface area (Å²) in [5.74, 6) is -0.775. The molecule has 4 nitrogen and oxygen atoms in total. The maximum atomic E-state index is 14.2. The third-order valence-corrected chi connectivity index (χ3v) is 7.11. The molecule has 1 heterocycles. The van der Waals surface area contributed by atoms with Gasteiger partial charge in [0.25, 0.3) is 0 Å². The number of thioether (sulfide) groups is 1. The van der Waals surface area contributed by atoms with Crippen LogP contribution in [0.3, 0.4) is 0 Å². The lowest BCUT2D eigenvalue weighted by Gasteiger charge is -2.24. The summed E-state index contributed by atoms with van der Waals surface area (Å²) in [4.78, 5) is 22.4. The van der Waals surface area contributed by atoms with Crippen LogP contribution in [-0.4, -0.2) is 47.7 Å². The van der Waals surface area contributed by atoms with E-state index in [0.717, 1.165) is 35.4 Å². The van der Waals surface area contributed by atoms with Crippen LogP contribution in [0.4, 0.5) is 13.9 Å². The van der Waals surface area contributed by atoms with Crippen molar-refractivity contribution < 1.29 is 13.6 Å². The topological polar surface area (TPSA) is 36.4 Å². The van der Waals surface area contributed by atoms with E-state index in [-0.39, 0.29) is 11.4 Å². The number of benzene rings is 2. The Morgan fingerprint density at radius 3 is 2.48 bits per heavy atom. The zero-order chi connectivity index (χ0) is 22.4. The molecule has 0 spiro atoms. The van der Waals surface area contributed by atoms with Gasteiger partial charge in [0.2, 0.25) is 5.91 Å². The van der Waals surface area contributed by atoms with Gasteiger partial charge in [-0.25, -0.2) is 13.8 Å². The molecule has 0 atom stereocenters. The highest BCUT2D eigenvalue weighted by Gasteiger charge is 2.21. The lowest BCUT2D eigenvalue weighted by Crippen LogP contribution is -2.39. The Balaban J connectivity index is 1.76. The number of anilines is 1. The van der Waals surface area contributed by atoms with Crippen LogP contribution in [0.2, 0.25) is 0 Å². The Labute approximate surface area is 190 Å². The van der Waals surface area contributed by atoms with E-state index in [0.29, 0.717) is 35.1 Å². The molecular weight excluding hydrogens is 436 g/mol. The number of halogens is 2. The van der Waals surface area contributed by atoms with Crippen molar-refractivity contribution in [1.29, 1.82) is 0 Å². The summed E-state index contributed by atoms with van der Waals surface area (Å²) >= 11 is 2.78. The van der Waals surface area contributed by atoms with Crippen LogP contribution in [0.15, 0.2) is 41.3 Å². The number of amides is 1. The Kier molecular flexibility index (Phi) is 8.40. The zero-order valence-corrected chi connectivity index (χ0v) is 19.7. The standard InChI is InChI=1S/C23H27F2N3OS2/c1-4-27(5-2)11-12-28(21(29)10-13-30-18-8-6-16(3)7-9-18)23-26-22-19(25)14-17(24)15-20(22)31-23/h6-9,14-15H,4-5,10-13H2,1-3H3. The number of nitrogens with zero attached hydrogens (tertiary/aromatic N) is 3. The smallest absolute Gasteiger partial charge is 0.229 e. The summed E-state index contributed by atoms with van der Waals surface area (Å²) in [6.07, 6.45) is 0.337. The predicted octanol–water partition coefficient (Wildman–Crippen LogP) is 5.74. The fraction of sp³-hybridized carbons (Fsp3) is 0.391. The third kappa shape index (κ3) is 6.24. The van der Waals surface area contributed by atoms with Gasteiger partial charge in [0.05, 0.1) is 4.70 Å². The van der Waals surface area contributed by atoms with E-state index in [9.17, 15) is 13.6 Å². The number of hydrogen-bond acceptors (Lipinski definition) is 5. The van der Waals surface area contributed by atoms with Gasteiger partial charge in [-0.1, -0.05) is 42.9 Å². The first-order chi connectivity index (χ1) is 14.9. The molecule has 166 valence electrons. The Hall–Kier alpha value is -2.03. The largest absolute Gasteiger partial charge is 0.302 e. The van der Waals surface area contributed by atoms with E-state index >= 15 is 0 Å². The summed E-state index contributed by atoms with van der Waals surface area (Å²) in [5, 5.41) is 0.414. The van der Waals surface area contributed by atoms with Gasteiger partial charge in [-0.2, -0.15) is 0 Å². The zero-order valence-electron chi connectivity index (χ0n) is 18.0. The molecule has 0 bridgehead atoms. The number of aryl methyl sites for hydroxylation is 1. The second kappa shape index (κ2) is 11.0. The van der Waals surface area contributed by atoms with Crippen LogP contribution in [0.1, 0.15) is 25.8 Å². The SMILES string of the molecule is CCN(CC)CCN(C(=O)CCSc1ccc(C)cc1)c1nc2c(F)cc(F)cc2s1. The second-order valence-electron chi connectivity index (χ2n) is 7.21. The quantitative estimate of drug-likeness (QED) is 0.359. The molecule has 31 heavy (non-hydrogen) atoms. The highest BCUT2D eigenvalue weighted by Crippen LogP contribution is 2.32. The van der Waals surface area contributed by atoms with Crippen molar-refractivity contribution in [3.8, 4) is 0 Å². The normalized spacial score (nSPS) is 11.4. The monoisotopic (exact) mass is 463 g/mol. The predicted molar refractivity (Wildman–Crippen MR) is 126 cm³/mol. The van der Waals surface area contributed by atoms with Gasteiger partial charge < -0.3 is 4.90 Å². The lowest BCUT2D eigenvalue weighted by molar-refractivity contribution is -0.118. The van der Waals surface area contributed by atoms with Crippen LogP contribution in [0.25, 0.3) is 10.2 Å². The van der Waals surface area contributed by atoms with Crippen LogP contribution >= 0.6 is 23.1 Å². The van der Waals surface area contributed by atoms with E-state index in [1.165, 1.54) is 11.6 Å². The molecule has 0 aliphatic carbocycles. The number of hydrogen-bond donors (Lipinski definition) is 0. The van der Waals surface area contributed by atoms with Crippen molar-refractivity contribution in [1.82, 2.24) is 9.88 Å². The maximum Gasteiger partial charge on any atom is 0.229 e. The summed E-state index contributed by atoms with van der Waals surface area (Å²) in [5.41, 5.74) is 1.30. The molecule has 0 radical (unpaired) electrons. The first-order valence-electron chi connectivity index (χ1n) is 10.4. The summed E-state index contributed by atoms with van der Waals surface area (Å²) in [6.45, 7) is 9.09. The van der Waals surface area contributed by atoms with E-state index in [1.807, 2.05) is 19.1 Å². The third-order valence-electron chi connectivity index (χ3n) is 5.07. The fourth-order valence-corrected chi connectivity index (χ4v) is 5.08. The number of likely N-dealkylation sites (N-methyl/N-ethyl adjacent to an activating group) is 1. The average Bonchev–Trinajstić information content (AvgIpc) is 3.16. The van der Waals surface area contributed by atoms with Crippen molar-refractivity contribution >= 4 is 44.4 Å². The summed E-state index contributed by atoms with van der Waals surface area (Å²) in [6, 6.07) is 10.3. The van der Waals surface area contributed by atoms with E-state index in [2.05, 4.69) is 35.9 Å². The van der Waals surface area contributed by atoms with E-state index in [4.69, 9.17) is 0 Å². The Bertz CT molecular complexity index is 1020. The number of rotatable bonds is 10. The lowest BCUT2D eigenvalue weighted by atomic mass is 10.2. The minimum Gasteiger partial charge on any atom is -0.302 e. The van der Waals surface area contributed by atoms with Crippen molar-refractivity contribution in [2.45, 2.75) is 32.1 Å². The van der Waals surface area contributed by atoms with E-state index < -0.39 is 11.6 Å².